The van der Waals surface area contributed by atoms with E-state index in [4.69, 9.17) is 10.5 Å². The molecule has 1 saturated carbocycles. The maximum absolute atomic E-state index is 12.1. The molecule has 1 aliphatic carbocycles. The van der Waals surface area contributed by atoms with Crippen molar-refractivity contribution in [1.82, 2.24) is 10.3 Å². The summed E-state index contributed by atoms with van der Waals surface area (Å²) in [5, 5.41) is 2.67. The summed E-state index contributed by atoms with van der Waals surface area (Å²) in [6.45, 7) is 2.16. The SMILES string of the molecule is CC(=O)NCC1CN(c2ccc(-c3ccc(C4(N)CC4)nc3)cc2)C(=O)O1. The van der Waals surface area contributed by atoms with Crippen molar-refractivity contribution < 1.29 is 14.3 Å². The zero-order valence-corrected chi connectivity index (χ0v) is 15.1. The molecule has 0 radical (unpaired) electrons. The zero-order chi connectivity index (χ0) is 19.0. The van der Waals surface area contributed by atoms with Crippen LogP contribution in [0, 0.1) is 0 Å². The monoisotopic (exact) mass is 366 g/mol. The first-order valence-electron chi connectivity index (χ1n) is 9.03. The molecule has 2 aliphatic rings. The molecule has 2 aromatic rings. The number of benzene rings is 1. The van der Waals surface area contributed by atoms with Crippen LogP contribution in [0.2, 0.25) is 0 Å². The molecule has 2 heterocycles. The van der Waals surface area contributed by atoms with Gasteiger partial charge in [0.1, 0.15) is 6.10 Å². The average Bonchev–Trinajstić information content (AvgIpc) is 3.31. The lowest BCUT2D eigenvalue weighted by Gasteiger charge is -2.14. The van der Waals surface area contributed by atoms with Crippen molar-refractivity contribution in [3.8, 4) is 11.1 Å². The highest BCUT2D eigenvalue weighted by atomic mass is 16.6. The molecule has 2 amide bonds. The van der Waals surface area contributed by atoms with Crippen molar-refractivity contribution in [3.05, 3.63) is 48.3 Å². The Kier molecular flexibility index (Phi) is 4.31. The fourth-order valence-electron chi connectivity index (χ4n) is 3.18. The van der Waals surface area contributed by atoms with Crippen LogP contribution in [-0.2, 0) is 15.1 Å². The highest BCUT2D eigenvalue weighted by Gasteiger charge is 2.41. The number of carbonyl (C=O) groups is 2. The third-order valence-electron chi connectivity index (χ3n) is 5.03. The van der Waals surface area contributed by atoms with Crippen molar-refractivity contribution in [1.29, 1.82) is 0 Å². The molecule has 7 nitrogen and oxygen atoms in total. The number of ether oxygens (including phenoxy) is 1. The molecule has 27 heavy (non-hydrogen) atoms. The van der Waals surface area contributed by atoms with Crippen molar-refractivity contribution in [2.24, 2.45) is 5.73 Å². The van der Waals surface area contributed by atoms with Crippen LogP contribution < -0.4 is 16.0 Å². The number of pyridine rings is 1. The lowest BCUT2D eigenvalue weighted by Crippen LogP contribution is -2.33. The van der Waals surface area contributed by atoms with Gasteiger partial charge in [0.05, 0.1) is 24.3 Å². The summed E-state index contributed by atoms with van der Waals surface area (Å²) in [7, 11) is 0. The fourth-order valence-corrected chi connectivity index (χ4v) is 3.18. The van der Waals surface area contributed by atoms with Crippen molar-refractivity contribution in [2.45, 2.75) is 31.4 Å². The molecule has 140 valence electrons. The number of nitrogens with zero attached hydrogens (tertiary/aromatic N) is 2. The van der Waals surface area contributed by atoms with Crippen LogP contribution in [-0.4, -0.2) is 36.2 Å². The summed E-state index contributed by atoms with van der Waals surface area (Å²) in [4.78, 5) is 29.2. The van der Waals surface area contributed by atoms with Crippen LogP contribution >= 0.6 is 0 Å². The topological polar surface area (TPSA) is 97.5 Å². The molecular formula is C20H22N4O3. The molecular weight excluding hydrogens is 344 g/mol. The van der Waals surface area contributed by atoms with Crippen molar-refractivity contribution in [3.63, 3.8) is 0 Å². The first kappa shape index (κ1) is 17.5. The third kappa shape index (κ3) is 3.64. The Morgan fingerprint density at radius 2 is 1.96 bits per heavy atom. The Morgan fingerprint density at radius 1 is 1.26 bits per heavy atom. The van der Waals surface area contributed by atoms with Gasteiger partial charge in [-0.2, -0.15) is 0 Å². The van der Waals surface area contributed by atoms with E-state index in [1.165, 1.54) is 6.92 Å². The number of cyclic esters (lactones) is 1. The summed E-state index contributed by atoms with van der Waals surface area (Å²) in [6, 6.07) is 11.7. The van der Waals surface area contributed by atoms with Gasteiger partial charge in [0.15, 0.2) is 0 Å². The molecule has 0 spiro atoms. The van der Waals surface area contributed by atoms with Gasteiger partial charge in [-0.3, -0.25) is 14.7 Å². The summed E-state index contributed by atoms with van der Waals surface area (Å²) in [5.41, 5.74) is 9.66. The minimum Gasteiger partial charge on any atom is -0.442 e. The van der Waals surface area contributed by atoms with Crippen LogP contribution in [0.4, 0.5) is 10.5 Å². The molecule has 1 aromatic heterocycles. The molecule has 1 unspecified atom stereocenters. The van der Waals surface area contributed by atoms with Gasteiger partial charge in [-0.15, -0.1) is 0 Å². The zero-order valence-electron chi connectivity index (χ0n) is 15.1. The molecule has 7 heteroatoms. The van der Waals surface area contributed by atoms with E-state index in [-0.39, 0.29) is 17.6 Å². The molecule has 1 aromatic carbocycles. The summed E-state index contributed by atoms with van der Waals surface area (Å²) in [5.74, 6) is -0.143. The number of amides is 2. The smallest absolute Gasteiger partial charge is 0.414 e. The fraction of sp³-hybridized carbons (Fsp3) is 0.350. The van der Waals surface area contributed by atoms with Gasteiger partial charge in [0.25, 0.3) is 0 Å². The van der Waals surface area contributed by atoms with Crippen LogP contribution in [0.15, 0.2) is 42.6 Å². The number of hydrogen-bond donors (Lipinski definition) is 2. The third-order valence-corrected chi connectivity index (χ3v) is 5.03. The largest absolute Gasteiger partial charge is 0.442 e. The van der Waals surface area contributed by atoms with Crippen LogP contribution in [0.5, 0.6) is 0 Å². The second kappa shape index (κ2) is 6.66. The van der Waals surface area contributed by atoms with E-state index in [1.807, 2.05) is 42.6 Å². The summed E-state index contributed by atoms with van der Waals surface area (Å²) in [6.07, 6.45) is 3.07. The summed E-state index contributed by atoms with van der Waals surface area (Å²) < 4.78 is 5.30. The Balaban J connectivity index is 1.44. The van der Waals surface area contributed by atoms with Gasteiger partial charge >= 0.3 is 6.09 Å². The Bertz CT molecular complexity index is 860. The number of anilines is 1. The second-order valence-electron chi connectivity index (χ2n) is 7.19. The Hall–Kier alpha value is -2.93. The van der Waals surface area contributed by atoms with E-state index in [0.717, 1.165) is 35.3 Å². The van der Waals surface area contributed by atoms with Crippen molar-refractivity contribution >= 4 is 17.7 Å². The molecule has 1 saturated heterocycles. The molecule has 1 aliphatic heterocycles. The van der Waals surface area contributed by atoms with E-state index >= 15 is 0 Å². The van der Waals surface area contributed by atoms with E-state index in [0.29, 0.717) is 13.1 Å². The minimum atomic E-state index is -0.401. The first-order chi connectivity index (χ1) is 12.9. The predicted molar refractivity (Wildman–Crippen MR) is 101 cm³/mol. The van der Waals surface area contributed by atoms with Crippen molar-refractivity contribution in [2.75, 3.05) is 18.0 Å². The molecule has 2 fully saturated rings. The molecule has 3 N–H and O–H groups in total. The standard InChI is InChI=1S/C20H22N4O3/c1-13(25)22-11-17-12-24(19(26)27-17)16-5-2-14(3-6-16)15-4-7-18(23-10-15)20(21)8-9-20/h2-7,10,17H,8-9,11-12,21H2,1H3,(H,22,25). The normalized spacial score (nSPS) is 20.3. The van der Waals surface area contributed by atoms with Gasteiger partial charge in [-0.25, -0.2) is 4.79 Å². The van der Waals surface area contributed by atoms with Gasteiger partial charge < -0.3 is 15.8 Å². The maximum Gasteiger partial charge on any atom is 0.414 e. The molecule has 1 atom stereocenters. The van der Waals surface area contributed by atoms with Crippen LogP contribution in [0.3, 0.4) is 0 Å². The number of carbonyl (C=O) groups excluding carboxylic acids is 2. The number of rotatable bonds is 5. The highest BCUT2D eigenvalue weighted by Crippen LogP contribution is 2.41. The number of hydrogen-bond acceptors (Lipinski definition) is 5. The number of nitrogens with one attached hydrogen (secondary N) is 1. The maximum atomic E-state index is 12.1. The van der Waals surface area contributed by atoms with Gasteiger partial charge in [-0.1, -0.05) is 18.2 Å². The Morgan fingerprint density at radius 3 is 2.56 bits per heavy atom. The summed E-state index contributed by atoms with van der Waals surface area (Å²) >= 11 is 0. The van der Waals surface area contributed by atoms with Gasteiger partial charge in [0.2, 0.25) is 5.91 Å². The van der Waals surface area contributed by atoms with Crippen LogP contribution in [0.1, 0.15) is 25.5 Å². The van der Waals surface area contributed by atoms with E-state index < -0.39 is 6.09 Å². The first-order valence-corrected chi connectivity index (χ1v) is 9.03. The van der Waals surface area contributed by atoms with E-state index in [2.05, 4.69) is 10.3 Å². The minimum absolute atomic E-state index is 0.143. The average molecular weight is 366 g/mol. The number of nitrogens with two attached hydrogens (primary N) is 1. The lowest BCUT2D eigenvalue weighted by atomic mass is 10.1. The van der Waals surface area contributed by atoms with E-state index in [9.17, 15) is 9.59 Å². The lowest BCUT2D eigenvalue weighted by molar-refractivity contribution is -0.119. The van der Waals surface area contributed by atoms with Gasteiger partial charge in [-0.05, 0) is 36.6 Å². The molecule has 0 bridgehead atoms. The van der Waals surface area contributed by atoms with E-state index in [1.54, 1.807) is 4.90 Å². The Labute approximate surface area is 157 Å². The predicted octanol–water partition coefficient (Wildman–Crippen LogP) is 2.16. The van der Waals surface area contributed by atoms with Crippen LogP contribution in [0.25, 0.3) is 11.1 Å². The van der Waals surface area contributed by atoms with Gasteiger partial charge in [0, 0.05) is 24.4 Å². The molecule has 4 rings (SSSR count). The second-order valence-corrected chi connectivity index (χ2v) is 7.19. The quantitative estimate of drug-likeness (QED) is 0.845. The highest BCUT2D eigenvalue weighted by molar-refractivity contribution is 5.90. The number of aromatic nitrogens is 1.